The van der Waals surface area contributed by atoms with E-state index in [1.165, 1.54) is 0 Å². The summed E-state index contributed by atoms with van der Waals surface area (Å²) in [7, 11) is 0. The van der Waals surface area contributed by atoms with Gasteiger partial charge < -0.3 is 0 Å². The lowest BCUT2D eigenvalue weighted by molar-refractivity contribution is 0.785. The Morgan fingerprint density at radius 1 is 1.22 bits per heavy atom. The zero-order valence-corrected chi connectivity index (χ0v) is 12.0. The summed E-state index contributed by atoms with van der Waals surface area (Å²) in [6.07, 6.45) is 1.61. The van der Waals surface area contributed by atoms with E-state index in [9.17, 15) is 0 Å². The van der Waals surface area contributed by atoms with Crippen LogP contribution in [0.15, 0.2) is 18.2 Å². The summed E-state index contributed by atoms with van der Waals surface area (Å²) in [4.78, 5) is 4.49. The van der Waals surface area contributed by atoms with Gasteiger partial charge in [0.15, 0.2) is 5.82 Å². The molecule has 2 aromatic rings. The Bertz CT molecular complexity index is 549. The number of nitrogens with zero attached hydrogens (tertiary/aromatic N) is 3. The molecule has 0 unspecified atom stereocenters. The molecule has 3 nitrogen and oxygen atoms in total. The molecule has 0 aliphatic rings. The minimum atomic E-state index is 0.403. The average Bonchev–Trinajstić information content (AvgIpc) is 2.81. The Morgan fingerprint density at radius 2 is 2.00 bits per heavy atom. The van der Waals surface area contributed by atoms with Crippen molar-refractivity contribution in [1.29, 1.82) is 0 Å². The van der Waals surface area contributed by atoms with E-state index in [-0.39, 0.29) is 0 Å². The van der Waals surface area contributed by atoms with Gasteiger partial charge in [-0.3, -0.25) is 0 Å². The summed E-state index contributed by atoms with van der Waals surface area (Å²) >= 11 is 12.2. The SMILES string of the molecule is CCc1nc(CC)n(-c2c(Cl)cccc2CCl)n1. The van der Waals surface area contributed by atoms with Crippen LogP contribution < -0.4 is 0 Å². The van der Waals surface area contributed by atoms with Crippen LogP contribution in [0.1, 0.15) is 31.1 Å². The summed E-state index contributed by atoms with van der Waals surface area (Å²) in [5, 5.41) is 5.15. The predicted molar refractivity (Wildman–Crippen MR) is 74.7 cm³/mol. The Labute approximate surface area is 117 Å². The molecule has 0 saturated heterocycles. The lowest BCUT2D eigenvalue weighted by Gasteiger charge is -2.11. The standard InChI is InChI=1S/C13H15Cl2N3/c1-3-11-16-12(4-2)18(17-11)13-9(8-14)6-5-7-10(13)15/h5-7H,3-4,8H2,1-2H3. The molecular weight excluding hydrogens is 269 g/mol. The second-order valence-corrected chi connectivity index (χ2v) is 4.62. The van der Waals surface area contributed by atoms with Crippen LogP contribution in [0.3, 0.4) is 0 Å². The number of hydrogen-bond donors (Lipinski definition) is 0. The van der Waals surface area contributed by atoms with Gasteiger partial charge in [0, 0.05) is 18.7 Å². The van der Waals surface area contributed by atoms with Crippen LogP contribution >= 0.6 is 23.2 Å². The molecule has 0 saturated carbocycles. The molecule has 2 rings (SSSR count). The first-order chi connectivity index (χ1) is 8.71. The van der Waals surface area contributed by atoms with Crippen LogP contribution in [0.25, 0.3) is 5.69 Å². The molecular formula is C13H15Cl2N3. The molecule has 5 heteroatoms. The highest BCUT2D eigenvalue weighted by atomic mass is 35.5. The zero-order valence-electron chi connectivity index (χ0n) is 10.5. The number of aryl methyl sites for hydroxylation is 2. The molecule has 1 aromatic carbocycles. The van der Waals surface area contributed by atoms with Crippen molar-refractivity contribution in [3.05, 3.63) is 40.4 Å². The number of para-hydroxylation sites is 1. The van der Waals surface area contributed by atoms with Gasteiger partial charge in [-0.15, -0.1) is 11.6 Å². The fourth-order valence-corrected chi connectivity index (χ4v) is 2.34. The molecule has 1 heterocycles. The van der Waals surface area contributed by atoms with E-state index in [4.69, 9.17) is 23.2 Å². The van der Waals surface area contributed by atoms with Crippen LogP contribution in [0.4, 0.5) is 0 Å². The van der Waals surface area contributed by atoms with Gasteiger partial charge in [-0.25, -0.2) is 9.67 Å². The summed E-state index contributed by atoms with van der Waals surface area (Å²) < 4.78 is 1.82. The Hall–Kier alpha value is -1.06. The topological polar surface area (TPSA) is 30.7 Å². The average molecular weight is 284 g/mol. The summed E-state index contributed by atoms with van der Waals surface area (Å²) in [5.41, 5.74) is 1.81. The summed E-state index contributed by atoms with van der Waals surface area (Å²) in [6, 6.07) is 5.70. The Morgan fingerprint density at radius 3 is 2.61 bits per heavy atom. The van der Waals surface area contributed by atoms with Gasteiger partial charge in [-0.2, -0.15) is 5.10 Å². The Balaban J connectivity index is 2.64. The van der Waals surface area contributed by atoms with Crippen molar-refractivity contribution < 1.29 is 0 Å². The van der Waals surface area contributed by atoms with Gasteiger partial charge in [0.25, 0.3) is 0 Å². The normalized spacial score (nSPS) is 10.9. The lowest BCUT2D eigenvalue weighted by atomic mass is 10.2. The highest BCUT2D eigenvalue weighted by Crippen LogP contribution is 2.26. The van der Waals surface area contributed by atoms with E-state index in [1.807, 2.05) is 29.8 Å². The quantitative estimate of drug-likeness (QED) is 0.800. The molecule has 1 aromatic heterocycles. The molecule has 18 heavy (non-hydrogen) atoms. The molecule has 0 aliphatic carbocycles. The maximum Gasteiger partial charge on any atom is 0.151 e. The molecule has 0 spiro atoms. The molecule has 0 radical (unpaired) electrons. The third-order valence-electron chi connectivity index (χ3n) is 2.78. The fourth-order valence-electron chi connectivity index (χ4n) is 1.85. The van der Waals surface area contributed by atoms with Crippen molar-refractivity contribution in [1.82, 2.24) is 14.8 Å². The highest BCUT2D eigenvalue weighted by molar-refractivity contribution is 6.32. The monoisotopic (exact) mass is 283 g/mol. The largest absolute Gasteiger partial charge is 0.216 e. The number of hydrogen-bond acceptors (Lipinski definition) is 2. The third-order valence-corrected chi connectivity index (χ3v) is 3.37. The van der Waals surface area contributed by atoms with Gasteiger partial charge in [0.05, 0.1) is 10.7 Å². The molecule has 96 valence electrons. The number of rotatable bonds is 4. The van der Waals surface area contributed by atoms with E-state index in [0.29, 0.717) is 10.9 Å². The van der Waals surface area contributed by atoms with E-state index in [2.05, 4.69) is 17.0 Å². The highest BCUT2D eigenvalue weighted by Gasteiger charge is 2.15. The van der Waals surface area contributed by atoms with Crippen LogP contribution in [-0.2, 0) is 18.7 Å². The lowest BCUT2D eigenvalue weighted by Crippen LogP contribution is -2.06. The molecule has 0 aliphatic heterocycles. The number of alkyl halides is 1. The second-order valence-electron chi connectivity index (χ2n) is 3.94. The van der Waals surface area contributed by atoms with Crippen molar-refractivity contribution in [3.63, 3.8) is 0 Å². The zero-order chi connectivity index (χ0) is 13.1. The van der Waals surface area contributed by atoms with Crippen molar-refractivity contribution >= 4 is 23.2 Å². The first-order valence-corrected chi connectivity index (χ1v) is 6.91. The predicted octanol–water partition coefficient (Wildman–Crippen LogP) is 3.78. The second kappa shape index (κ2) is 5.72. The maximum atomic E-state index is 6.28. The Kier molecular flexibility index (Phi) is 4.25. The van der Waals surface area contributed by atoms with E-state index in [0.717, 1.165) is 35.7 Å². The van der Waals surface area contributed by atoms with Crippen molar-refractivity contribution in [2.45, 2.75) is 32.6 Å². The van der Waals surface area contributed by atoms with E-state index >= 15 is 0 Å². The molecule has 0 amide bonds. The van der Waals surface area contributed by atoms with Crippen molar-refractivity contribution in [3.8, 4) is 5.69 Å². The van der Waals surface area contributed by atoms with Crippen LogP contribution in [0.5, 0.6) is 0 Å². The van der Waals surface area contributed by atoms with Gasteiger partial charge in [0.2, 0.25) is 0 Å². The maximum absolute atomic E-state index is 6.28. The van der Waals surface area contributed by atoms with Gasteiger partial charge in [-0.1, -0.05) is 37.6 Å². The van der Waals surface area contributed by atoms with Crippen LogP contribution in [-0.4, -0.2) is 14.8 Å². The number of halogens is 2. The molecule has 0 fully saturated rings. The van der Waals surface area contributed by atoms with Gasteiger partial charge in [-0.05, 0) is 11.6 Å². The van der Waals surface area contributed by atoms with Gasteiger partial charge in [0.1, 0.15) is 5.82 Å². The van der Waals surface area contributed by atoms with Crippen molar-refractivity contribution in [2.75, 3.05) is 0 Å². The van der Waals surface area contributed by atoms with Crippen LogP contribution in [0, 0.1) is 0 Å². The third kappa shape index (κ3) is 2.38. The number of benzene rings is 1. The minimum absolute atomic E-state index is 0.403. The smallest absolute Gasteiger partial charge is 0.151 e. The van der Waals surface area contributed by atoms with Crippen LogP contribution in [0.2, 0.25) is 5.02 Å². The van der Waals surface area contributed by atoms with E-state index in [1.54, 1.807) is 0 Å². The first kappa shape index (κ1) is 13.4. The van der Waals surface area contributed by atoms with E-state index < -0.39 is 0 Å². The molecule has 0 N–H and O–H groups in total. The fraction of sp³-hybridized carbons (Fsp3) is 0.385. The number of aromatic nitrogens is 3. The van der Waals surface area contributed by atoms with Crippen molar-refractivity contribution in [2.24, 2.45) is 0 Å². The van der Waals surface area contributed by atoms with Gasteiger partial charge >= 0.3 is 0 Å². The molecule has 0 atom stereocenters. The summed E-state index contributed by atoms with van der Waals surface area (Å²) in [6.45, 7) is 4.09. The molecule has 0 bridgehead atoms. The first-order valence-electron chi connectivity index (χ1n) is 5.99. The minimum Gasteiger partial charge on any atom is -0.216 e. The summed E-state index contributed by atoms with van der Waals surface area (Å²) in [5.74, 6) is 2.14.